The van der Waals surface area contributed by atoms with Crippen LogP contribution in [0.25, 0.3) is 0 Å². The van der Waals surface area contributed by atoms with Gasteiger partial charge in [0.1, 0.15) is 11.5 Å². The number of nitrogens with zero attached hydrogens (tertiary/aromatic N) is 2. The van der Waals surface area contributed by atoms with Crippen molar-refractivity contribution in [3.8, 4) is 11.5 Å². The van der Waals surface area contributed by atoms with E-state index >= 15 is 0 Å². The van der Waals surface area contributed by atoms with Crippen molar-refractivity contribution in [2.45, 2.75) is 25.5 Å². The van der Waals surface area contributed by atoms with Crippen molar-refractivity contribution in [2.75, 3.05) is 27.4 Å². The first-order valence-electron chi connectivity index (χ1n) is 8.72. The zero-order chi connectivity index (χ0) is 18.4. The average molecular weight is 356 g/mol. The first-order valence-corrected chi connectivity index (χ1v) is 8.72. The van der Waals surface area contributed by atoms with E-state index < -0.39 is 0 Å². The monoisotopic (exact) mass is 356 g/mol. The lowest BCUT2D eigenvalue weighted by Crippen LogP contribution is -2.37. The third kappa shape index (κ3) is 4.52. The highest BCUT2D eigenvalue weighted by molar-refractivity contribution is 5.95. The van der Waals surface area contributed by atoms with Crippen LogP contribution in [-0.4, -0.2) is 49.3 Å². The summed E-state index contributed by atoms with van der Waals surface area (Å²) in [6.45, 7) is 1.78. The van der Waals surface area contributed by atoms with Gasteiger partial charge in [0.25, 0.3) is 5.91 Å². The van der Waals surface area contributed by atoms with Crippen molar-refractivity contribution >= 4 is 5.91 Å². The molecule has 1 amide bonds. The fourth-order valence-electron chi connectivity index (χ4n) is 3.08. The van der Waals surface area contributed by atoms with Gasteiger partial charge in [0.05, 0.1) is 20.3 Å². The van der Waals surface area contributed by atoms with Crippen LogP contribution >= 0.6 is 0 Å². The Morgan fingerprint density at radius 2 is 2.04 bits per heavy atom. The van der Waals surface area contributed by atoms with Gasteiger partial charge >= 0.3 is 0 Å². The van der Waals surface area contributed by atoms with Gasteiger partial charge in [0.15, 0.2) is 0 Å². The first-order chi connectivity index (χ1) is 12.7. The molecule has 1 fully saturated rings. The van der Waals surface area contributed by atoms with E-state index in [1.807, 2.05) is 12.1 Å². The molecular formula is C20H24N2O4. The van der Waals surface area contributed by atoms with Crippen LogP contribution in [0.4, 0.5) is 0 Å². The largest absolute Gasteiger partial charge is 0.497 e. The van der Waals surface area contributed by atoms with Gasteiger partial charge in [-0.2, -0.15) is 0 Å². The SMILES string of the molecule is COc1cc(OC)cc(C(=O)N(Cc2cccnc2)CC2CCCO2)c1. The molecular weight excluding hydrogens is 332 g/mol. The summed E-state index contributed by atoms with van der Waals surface area (Å²) in [4.78, 5) is 19.2. The Kier molecular flexibility index (Phi) is 6.07. The number of ether oxygens (including phenoxy) is 3. The van der Waals surface area contributed by atoms with Gasteiger partial charge in [-0.05, 0) is 36.6 Å². The summed E-state index contributed by atoms with van der Waals surface area (Å²) in [7, 11) is 3.14. The van der Waals surface area contributed by atoms with Crippen LogP contribution in [0.3, 0.4) is 0 Å². The molecule has 2 heterocycles. The average Bonchev–Trinajstić information content (AvgIpc) is 3.20. The van der Waals surface area contributed by atoms with Crippen LogP contribution in [0.15, 0.2) is 42.7 Å². The van der Waals surface area contributed by atoms with Gasteiger partial charge in [-0.15, -0.1) is 0 Å². The van der Waals surface area contributed by atoms with Crippen molar-refractivity contribution in [1.29, 1.82) is 0 Å². The molecule has 0 saturated carbocycles. The zero-order valence-electron chi connectivity index (χ0n) is 15.2. The molecule has 0 bridgehead atoms. The minimum atomic E-state index is -0.0819. The normalized spacial score (nSPS) is 16.3. The molecule has 1 aromatic carbocycles. The summed E-state index contributed by atoms with van der Waals surface area (Å²) in [5.74, 6) is 1.10. The number of rotatable bonds is 7. The highest BCUT2D eigenvalue weighted by atomic mass is 16.5. The van der Waals surface area contributed by atoms with E-state index in [1.54, 1.807) is 49.7 Å². The minimum Gasteiger partial charge on any atom is -0.497 e. The van der Waals surface area contributed by atoms with Gasteiger partial charge < -0.3 is 19.1 Å². The molecule has 6 nitrogen and oxygen atoms in total. The first kappa shape index (κ1) is 18.2. The molecule has 3 rings (SSSR count). The fourth-order valence-corrected chi connectivity index (χ4v) is 3.08. The van der Waals surface area contributed by atoms with Crippen molar-refractivity contribution < 1.29 is 19.0 Å². The second-order valence-corrected chi connectivity index (χ2v) is 6.28. The van der Waals surface area contributed by atoms with E-state index in [-0.39, 0.29) is 12.0 Å². The van der Waals surface area contributed by atoms with Crippen molar-refractivity contribution in [1.82, 2.24) is 9.88 Å². The van der Waals surface area contributed by atoms with Gasteiger partial charge in [-0.25, -0.2) is 0 Å². The minimum absolute atomic E-state index is 0.0723. The van der Waals surface area contributed by atoms with E-state index in [1.165, 1.54) is 0 Å². The molecule has 1 saturated heterocycles. The zero-order valence-corrected chi connectivity index (χ0v) is 15.2. The molecule has 1 unspecified atom stereocenters. The number of aromatic nitrogens is 1. The lowest BCUT2D eigenvalue weighted by molar-refractivity contribution is 0.0506. The topological polar surface area (TPSA) is 60.9 Å². The maximum Gasteiger partial charge on any atom is 0.254 e. The van der Waals surface area contributed by atoms with Crippen LogP contribution < -0.4 is 9.47 Å². The van der Waals surface area contributed by atoms with Gasteiger partial charge in [-0.1, -0.05) is 6.07 Å². The Bertz CT molecular complexity index is 708. The summed E-state index contributed by atoms with van der Waals surface area (Å²) in [6, 6.07) is 9.06. The molecule has 0 radical (unpaired) electrons. The van der Waals surface area contributed by atoms with E-state index in [0.29, 0.717) is 30.2 Å². The van der Waals surface area contributed by atoms with Gasteiger partial charge in [0, 0.05) is 43.7 Å². The standard InChI is InChI=1S/C20H24N2O4/c1-24-18-9-16(10-19(11-18)25-2)20(23)22(14-17-6-4-8-26-17)13-15-5-3-7-21-12-15/h3,5,7,9-12,17H,4,6,8,13-14H2,1-2H3. The number of hydrogen-bond donors (Lipinski definition) is 0. The van der Waals surface area contributed by atoms with Crippen molar-refractivity contribution in [3.05, 3.63) is 53.9 Å². The Morgan fingerprint density at radius 1 is 1.27 bits per heavy atom. The maximum atomic E-state index is 13.2. The molecule has 0 spiro atoms. The Labute approximate surface area is 153 Å². The lowest BCUT2D eigenvalue weighted by Gasteiger charge is -2.26. The van der Waals surface area contributed by atoms with E-state index in [0.717, 1.165) is 25.0 Å². The molecule has 0 N–H and O–H groups in total. The predicted octanol–water partition coefficient (Wildman–Crippen LogP) is 2.92. The molecule has 0 aliphatic carbocycles. The molecule has 2 aromatic rings. The fraction of sp³-hybridized carbons (Fsp3) is 0.400. The number of carbonyl (C=O) groups is 1. The third-order valence-corrected chi connectivity index (χ3v) is 4.43. The second-order valence-electron chi connectivity index (χ2n) is 6.28. The number of carbonyl (C=O) groups excluding carboxylic acids is 1. The number of amides is 1. The van der Waals surface area contributed by atoms with E-state index in [9.17, 15) is 4.79 Å². The Balaban J connectivity index is 1.85. The highest BCUT2D eigenvalue weighted by Crippen LogP contribution is 2.25. The molecule has 1 aliphatic heterocycles. The molecule has 138 valence electrons. The summed E-state index contributed by atoms with van der Waals surface area (Å²) in [5, 5.41) is 0. The smallest absolute Gasteiger partial charge is 0.254 e. The van der Waals surface area contributed by atoms with Crippen LogP contribution in [-0.2, 0) is 11.3 Å². The van der Waals surface area contributed by atoms with Crippen molar-refractivity contribution in [2.24, 2.45) is 0 Å². The molecule has 1 aliphatic rings. The van der Waals surface area contributed by atoms with Crippen LogP contribution in [0.1, 0.15) is 28.8 Å². The maximum absolute atomic E-state index is 13.2. The van der Waals surface area contributed by atoms with Gasteiger partial charge in [-0.3, -0.25) is 9.78 Å². The lowest BCUT2D eigenvalue weighted by atomic mass is 10.1. The van der Waals surface area contributed by atoms with Crippen molar-refractivity contribution in [3.63, 3.8) is 0 Å². The van der Waals surface area contributed by atoms with Crippen LogP contribution in [0.5, 0.6) is 11.5 Å². The van der Waals surface area contributed by atoms with Crippen LogP contribution in [0.2, 0.25) is 0 Å². The molecule has 1 atom stereocenters. The number of hydrogen-bond acceptors (Lipinski definition) is 5. The number of methoxy groups -OCH3 is 2. The second kappa shape index (κ2) is 8.67. The summed E-state index contributed by atoms with van der Waals surface area (Å²) >= 11 is 0. The molecule has 26 heavy (non-hydrogen) atoms. The van der Waals surface area contributed by atoms with Crippen LogP contribution in [0, 0.1) is 0 Å². The summed E-state index contributed by atoms with van der Waals surface area (Å²) in [5.41, 5.74) is 1.51. The summed E-state index contributed by atoms with van der Waals surface area (Å²) in [6.07, 6.45) is 5.58. The number of pyridine rings is 1. The quantitative estimate of drug-likeness (QED) is 0.763. The summed E-state index contributed by atoms with van der Waals surface area (Å²) < 4.78 is 16.3. The third-order valence-electron chi connectivity index (χ3n) is 4.43. The highest BCUT2D eigenvalue weighted by Gasteiger charge is 2.24. The molecule has 1 aromatic heterocycles. The Hall–Kier alpha value is -2.60. The molecule has 6 heteroatoms. The Morgan fingerprint density at radius 3 is 2.62 bits per heavy atom. The van der Waals surface area contributed by atoms with E-state index in [4.69, 9.17) is 14.2 Å². The van der Waals surface area contributed by atoms with Gasteiger partial charge in [0.2, 0.25) is 0 Å². The van der Waals surface area contributed by atoms with E-state index in [2.05, 4.69) is 4.98 Å². The predicted molar refractivity (Wildman–Crippen MR) is 97.5 cm³/mol. The number of benzene rings is 1.